The van der Waals surface area contributed by atoms with E-state index in [1.165, 1.54) is 47.9 Å². The van der Waals surface area contributed by atoms with E-state index in [0.29, 0.717) is 6.04 Å². The van der Waals surface area contributed by atoms with Gasteiger partial charge in [0, 0.05) is 6.04 Å². The summed E-state index contributed by atoms with van der Waals surface area (Å²) in [5.41, 5.74) is 5.71. The van der Waals surface area contributed by atoms with Crippen molar-refractivity contribution in [2.24, 2.45) is 5.92 Å². The Labute approximate surface area is 112 Å². The lowest BCUT2D eigenvalue weighted by Crippen LogP contribution is -2.21. The fourth-order valence-corrected chi connectivity index (χ4v) is 3.09. The van der Waals surface area contributed by atoms with Crippen molar-refractivity contribution < 1.29 is 0 Å². The molecular formula is C17H27N. The molecule has 1 N–H and O–H groups in total. The van der Waals surface area contributed by atoms with E-state index in [1.807, 2.05) is 0 Å². The fraction of sp³-hybridized carbons (Fsp3) is 0.647. The predicted molar refractivity (Wildman–Crippen MR) is 79.0 cm³/mol. The van der Waals surface area contributed by atoms with Crippen molar-refractivity contribution in [2.75, 3.05) is 6.54 Å². The van der Waals surface area contributed by atoms with Gasteiger partial charge >= 0.3 is 0 Å². The molecule has 0 aromatic heterocycles. The first kappa shape index (κ1) is 13.6. The molecule has 0 radical (unpaired) electrons. The highest BCUT2D eigenvalue weighted by Crippen LogP contribution is 2.33. The lowest BCUT2D eigenvalue weighted by Gasteiger charge is -2.20. The standard InChI is InChI=1S/C17H27N/c1-12-10-13(2)17(14(3)11-12)15(4)18-9-5-6-16-7-8-16/h10-11,15-16,18H,5-9H2,1-4H3. The summed E-state index contributed by atoms with van der Waals surface area (Å²) in [6.45, 7) is 10.1. The molecule has 1 heteroatoms. The molecule has 0 spiro atoms. The summed E-state index contributed by atoms with van der Waals surface area (Å²) in [7, 11) is 0. The number of benzene rings is 1. The number of hydrogen-bond acceptors (Lipinski definition) is 1. The zero-order chi connectivity index (χ0) is 13.1. The maximum Gasteiger partial charge on any atom is 0.0297 e. The van der Waals surface area contributed by atoms with Crippen LogP contribution in [0, 0.1) is 26.7 Å². The molecule has 1 atom stereocenters. The Bertz CT molecular complexity index is 381. The first-order chi connectivity index (χ1) is 8.58. The third kappa shape index (κ3) is 3.58. The molecule has 0 bridgehead atoms. The second-order valence-corrected chi connectivity index (χ2v) is 6.07. The van der Waals surface area contributed by atoms with Crippen LogP contribution in [-0.2, 0) is 0 Å². The SMILES string of the molecule is Cc1cc(C)c(C(C)NCCCC2CC2)c(C)c1. The topological polar surface area (TPSA) is 12.0 Å². The Hall–Kier alpha value is -0.820. The molecule has 1 saturated carbocycles. The van der Waals surface area contributed by atoms with Crippen LogP contribution in [0.5, 0.6) is 0 Å². The Morgan fingerprint density at radius 2 is 1.78 bits per heavy atom. The molecule has 1 aromatic rings. The van der Waals surface area contributed by atoms with Crippen LogP contribution in [0.3, 0.4) is 0 Å². The van der Waals surface area contributed by atoms with Crippen LogP contribution in [-0.4, -0.2) is 6.54 Å². The minimum Gasteiger partial charge on any atom is -0.310 e. The van der Waals surface area contributed by atoms with E-state index in [4.69, 9.17) is 0 Å². The molecule has 100 valence electrons. The molecule has 1 aliphatic rings. The van der Waals surface area contributed by atoms with Gasteiger partial charge in [-0.2, -0.15) is 0 Å². The molecule has 0 heterocycles. The van der Waals surface area contributed by atoms with Gasteiger partial charge in [-0.1, -0.05) is 30.5 Å². The third-order valence-corrected chi connectivity index (χ3v) is 4.11. The number of rotatable bonds is 6. The predicted octanol–water partition coefficient (Wildman–Crippen LogP) is 4.45. The summed E-state index contributed by atoms with van der Waals surface area (Å²) >= 11 is 0. The van der Waals surface area contributed by atoms with Gasteiger partial charge in [0.15, 0.2) is 0 Å². The average molecular weight is 245 g/mol. The van der Waals surface area contributed by atoms with Gasteiger partial charge in [0.1, 0.15) is 0 Å². The molecule has 1 fully saturated rings. The van der Waals surface area contributed by atoms with Gasteiger partial charge < -0.3 is 5.32 Å². The van der Waals surface area contributed by atoms with Crippen LogP contribution in [0.25, 0.3) is 0 Å². The minimum atomic E-state index is 0.477. The van der Waals surface area contributed by atoms with Gasteiger partial charge in [-0.05, 0) is 69.7 Å². The van der Waals surface area contributed by atoms with Crippen LogP contribution in [0.2, 0.25) is 0 Å². The smallest absolute Gasteiger partial charge is 0.0297 e. The molecule has 0 saturated heterocycles. The van der Waals surface area contributed by atoms with Crippen LogP contribution in [0.4, 0.5) is 0 Å². The quantitative estimate of drug-likeness (QED) is 0.730. The second kappa shape index (κ2) is 5.88. The average Bonchev–Trinajstić information content (AvgIpc) is 3.06. The Morgan fingerprint density at radius 3 is 2.33 bits per heavy atom. The summed E-state index contributed by atoms with van der Waals surface area (Å²) in [5.74, 6) is 1.06. The molecule has 18 heavy (non-hydrogen) atoms. The van der Waals surface area contributed by atoms with Gasteiger partial charge in [0.25, 0.3) is 0 Å². The molecule has 1 unspecified atom stereocenters. The highest BCUT2D eigenvalue weighted by Gasteiger charge is 2.20. The fourth-order valence-electron chi connectivity index (χ4n) is 3.09. The van der Waals surface area contributed by atoms with Gasteiger partial charge in [0.2, 0.25) is 0 Å². The van der Waals surface area contributed by atoms with Crippen LogP contribution >= 0.6 is 0 Å². The molecule has 1 nitrogen and oxygen atoms in total. The van der Waals surface area contributed by atoms with Crippen LogP contribution in [0.15, 0.2) is 12.1 Å². The van der Waals surface area contributed by atoms with Crippen molar-refractivity contribution in [3.05, 3.63) is 34.4 Å². The summed E-state index contributed by atoms with van der Waals surface area (Å²) in [6.07, 6.45) is 5.71. The van der Waals surface area contributed by atoms with Crippen LogP contribution in [0.1, 0.15) is 60.9 Å². The normalized spacial score (nSPS) is 16.9. The van der Waals surface area contributed by atoms with Gasteiger partial charge in [-0.25, -0.2) is 0 Å². The first-order valence-electron chi connectivity index (χ1n) is 7.39. The highest BCUT2D eigenvalue weighted by atomic mass is 14.9. The van der Waals surface area contributed by atoms with Crippen molar-refractivity contribution in [2.45, 2.75) is 59.4 Å². The molecular weight excluding hydrogens is 218 g/mol. The van der Waals surface area contributed by atoms with E-state index < -0.39 is 0 Å². The van der Waals surface area contributed by atoms with Crippen molar-refractivity contribution in [1.29, 1.82) is 0 Å². The zero-order valence-corrected chi connectivity index (χ0v) is 12.3. The minimum absolute atomic E-state index is 0.477. The Morgan fingerprint density at radius 1 is 1.17 bits per heavy atom. The van der Waals surface area contributed by atoms with Crippen molar-refractivity contribution in [3.63, 3.8) is 0 Å². The first-order valence-corrected chi connectivity index (χ1v) is 7.39. The Balaban J connectivity index is 1.88. The molecule has 0 amide bonds. The maximum atomic E-state index is 3.68. The summed E-state index contributed by atoms with van der Waals surface area (Å²) in [4.78, 5) is 0. The van der Waals surface area contributed by atoms with Crippen molar-refractivity contribution in [1.82, 2.24) is 5.32 Å². The molecule has 2 rings (SSSR count). The van der Waals surface area contributed by atoms with Gasteiger partial charge in [0.05, 0.1) is 0 Å². The molecule has 1 aromatic carbocycles. The lowest BCUT2D eigenvalue weighted by molar-refractivity contribution is 0.530. The maximum absolute atomic E-state index is 3.68. The number of hydrogen-bond donors (Lipinski definition) is 1. The van der Waals surface area contributed by atoms with E-state index in [9.17, 15) is 0 Å². The largest absolute Gasteiger partial charge is 0.310 e. The highest BCUT2D eigenvalue weighted by molar-refractivity contribution is 5.39. The summed E-state index contributed by atoms with van der Waals surface area (Å²) in [5, 5.41) is 3.68. The van der Waals surface area contributed by atoms with Gasteiger partial charge in [-0.3, -0.25) is 0 Å². The van der Waals surface area contributed by atoms with Crippen molar-refractivity contribution in [3.8, 4) is 0 Å². The van der Waals surface area contributed by atoms with E-state index in [-0.39, 0.29) is 0 Å². The lowest BCUT2D eigenvalue weighted by atomic mass is 9.95. The van der Waals surface area contributed by atoms with Crippen LogP contribution < -0.4 is 5.32 Å². The summed E-state index contributed by atoms with van der Waals surface area (Å²) in [6, 6.07) is 5.07. The Kier molecular flexibility index (Phi) is 4.45. The second-order valence-electron chi connectivity index (χ2n) is 6.07. The van der Waals surface area contributed by atoms with E-state index in [1.54, 1.807) is 0 Å². The molecule has 1 aliphatic carbocycles. The monoisotopic (exact) mass is 245 g/mol. The van der Waals surface area contributed by atoms with E-state index >= 15 is 0 Å². The third-order valence-electron chi connectivity index (χ3n) is 4.11. The van der Waals surface area contributed by atoms with E-state index in [2.05, 4.69) is 45.1 Å². The van der Waals surface area contributed by atoms with E-state index in [0.717, 1.165) is 12.5 Å². The molecule has 0 aliphatic heterocycles. The number of aryl methyl sites for hydroxylation is 3. The summed E-state index contributed by atoms with van der Waals surface area (Å²) < 4.78 is 0. The van der Waals surface area contributed by atoms with Crippen molar-refractivity contribution >= 4 is 0 Å². The van der Waals surface area contributed by atoms with Gasteiger partial charge in [-0.15, -0.1) is 0 Å². The zero-order valence-electron chi connectivity index (χ0n) is 12.3. The number of nitrogens with one attached hydrogen (secondary N) is 1.